The Morgan fingerprint density at radius 2 is 2.16 bits per heavy atom. The second-order valence-corrected chi connectivity index (χ2v) is 6.70. The van der Waals surface area contributed by atoms with E-state index < -0.39 is 11.7 Å². The van der Waals surface area contributed by atoms with E-state index in [1.165, 1.54) is 6.92 Å². The van der Waals surface area contributed by atoms with Gasteiger partial charge in [0.25, 0.3) is 5.91 Å². The average molecular weight is 341 g/mol. The highest BCUT2D eigenvalue weighted by Gasteiger charge is 2.33. The first-order chi connectivity index (χ1) is 12.0. The van der Waals surface area contributed by atoms with Crippen LogP contribution in [-0.4, -0.2) is 49.2 Å². The second kappa shape index (κ2) is 5.58. The molecule has 0 aromatic carbocycles. The number of hydrogen-bond acceptors (Lipinski definition) is 4. The largest absolute Gasteiger partial charge is 0.346 e. The number of piperidine rings is 1. The molecule has 2 atom stereocenters. The minimum absolute atomic E-state index is 0.196. The minimum Gasteiger partial charge on any atom is -0.346 e. The van der Waals surface area contributed by atoms with Crippen molar-refractivity contribution in [1.29, 1.82) is 0 Å². The van der Waals surface area contributed by atoms with Gasteiger partial charge in [-0.3, -0.25) is 14.2 Å². The van der Waals surface area contributed by atoms with E-state index in [2.05, 4.69) is 21.9 Å². The molecule has 1 amide bonds. The van der Waals surface area contributed by atoms with Crippen LogP contribution < -0.4 is 5.69 Å². The lowest BCUT2D eigenvalue weighted by Gasteiger charge is -2.37. The van der Waals surface area contributed by atoms with Crippen molar-refractivity contribution in [1.82, 2.24) is 24.4 Å². The third-order valence-electron chi connectivity index (χ3n) is 5.10. The maximum Gasteiger partial charge on any atom is 0.326 e. The summed E-state index contributed by atoms with van der Waals surface area (Å²) in [6.45, 7) is 4.23. The zero-order valence-corrected chi connectivity index (χ0v) is 14.1. The number of amides is 1. The molecule has 0 radical (unpaired) electrons. The third-order valence-corrected chi connectivity index (χ3v) is 5.10. The van der Waals surface area contributed by atoms with Crippen LogP contribution in [0.15, 0.2) is 23.3 Å². The number of ketones is 1. The van der Waals surface area contributed by atoms with E-state index in [0.29, 0.717) is 24.3 Å². The summed E-state index contributed by atoms with van der Waals surface area (Å²) in [5, 5.41) is 0.859. The number of hydrogen-bond donors (Lipinski definition) is 2. The molecule has 25 heavy (non-hydrogen) atoms. The van der Waals surface area contributed by atoms with Crippen molar-refractivity contribution in [3.05, 3.63) is 28.9 Å². The first kappa shape index (κ1) is 15.6. The fourth-order valence-electron chi connectivity index (χ4n) is 3.73. The van der Waals surface area contributed by atoms with Gasteiger partial charge in [0.15, 0.2) is 0 Å². The molecular formula is C17H19N5O3. The number of nitrogens with zero attached hydrogens (tertiary/aromatic N) is 3. The van der Waals surface area contributed by atoms with Crippen LogP contribution >= 0.6 is 0 Å². The quantitative estimate of drug-likeness (QED) is 0.684. The standard InChI is InChI=1S/C17H19N5O3/c1-9-4-6-21(16(24)10(2)23)8-13(9)22-14-11-3-5-18-15(11)19-7-12(14)20-17(22)25/h3,5,7,9,13H,4,6,8H2,1-2H3,(H,18,19)(H,20,25). The van der Waals surface area contributed by atoms with Gasteiger partial charge in [0.1, 0.15) is 5.65 Å². The minimum atomic E-state index is -0.488. The molecule has 8 heteroatoms. The summed E-state index contributed by atoms with van der Waals surface area (Å²) in [7, 11) is 0. The molecule has 8 nitrogen and oxygen atoms in total. The monoisotopic (exact) mass is 341 g/mol. The molecule has 4 heterocycles. The van der Waals surface area contributed by atoms with Gasteiger partial charge in [-0.1, -0.05) is 6.92 Å². The van der Waals surface area contributed by atoms with E-state index in [-0.39, 0.29) is 17.6 Å². The van der Waals surface area contributed by atoms with E-state index in [0.717, 1.165) is 17.3 Å². The highest BCUT2D eigenvalue weighted by molar-refractivity contribution is 6.35. The van der Waals surface area contributed by atoms with Crippen molar-refractivity contribution in [2.45, 2.75) is 26.3 Å². The van der Waals surface area contributed by atoms with Gasteiger partial charge >= 0.3 is 5.69 Å². The van der Waals surface area contributed by atoms with Crippen molar-refractivity contribution in [2.24, 2.45) is 5.92 Å². The normalized spacial score (nSPS) is 21.1. The molecule has 130 valence electrons. The first-order valence-corrected chi connectivity index (χ1v) is 8.33. The number of H-pyrrole nitrogens is 2. The number of likely N-dealkylation sites (tertiary alicyclic amines) is 1. The van der Waals surface area contributed by atoms with Gasteiger partial charge < -0.3 is 14.9 Å². The summed E-state index contributed by atoms with van der Waals surface area (Å²) in [5.41, 5.74) is 1.93. The number of Topliss-reactive ketones (excluding diaryl/α,β-unsaturated/α-hetero) is 1. The Balaban J connectivity index is 1.86. The Kier molecular flexibility index (Phi) is 3.48. The Hall–Kier alpha value is -2.90. The first-order valence-electron chi connectivity index (χ1n) is 8.33. The summed E-state index contributed by atoms with van der Waals surface area (Å²) in [4.78, 5) is 48.0. The van der Waals surface area contributed by atoms with Gasteiger partial charge in [-0.15, -0.1) is 0 Å². The van der Waals surface area contributed by atoms with Gasteiger partial charge in [0.05, 0.1) is 23.3 Å². The SMILES string of the molecule is CC(=O)C(=O)N1CCC(C)C(n2c(=O)[nH]c3cnc4[nH]ccc4c32)C1. The molecule has 1 aliphatic heterocycles. The zero-order valence-electron chi connectivity index (χ0n) is 14.1. The summed E-state index contributed by atoms with van der Waals surface area (Å²) in [5.74, 6) is -0.759. The van der Waals surface area contributed by atoms with Gasteiger partial charge in [-0.2, -0.15) is 0 Å². The number of pyridine rings is 1. The third kappa shape index (κ3) is 2.36. The molecule has 0 spiro atoms. The number of carbonyl (C=O) groups excluding carboxylic acids is 2. The predicted octanol–water partition coefficient (Wildman–Crippen LogP) is 1.20. The van der Waals surface area contributed by atoms with Crippen LogP contribution in [0.1, 0.15) is 26.3 Å². The van der Waals surface area contributed by atoms with E-state index in [9.17, 15) is 14.4 Å². The Morgan fingerprint density at radius 3 is 2.92 bits per heavy atom. The van der Waals surface area contributed by atoms with Crippen LogP contribution in [0, 0.1) is 5.92 Å². The van der Waals surface area contributed by atoms with Crippen molar-refractivity contribution in [3.8, 4) is 0 Å². The molecule has 2 N–H and O–H groups in total. The van der Waals surface area contributed by atoms with Gasteiger partial charge in [-0.05, 0) is 18.4 Å². The van der Waals surface area contributed by atoms with Gasteiger partial charge in [0, 0.05) is 31.6 Å². The van der Waals surface area contributed by atoms with Crippen LogP contribution in [0.4, 0.5) is 0 Å². The van der Waals surface area contributed by atoms with Crippen LogP contribution in [0.5, 0.6) is 0 Å². The average Bonchev–Trinajstić information content (AvgIpc) is 3.17. The van der Waals surface area contributed by atoms with E-state index >= 15 is 0 Å². The molecule has 1 saturated heterocycles. The number of imidazole rings is 1. The van der Waals surface area contributed by atoms with E-state index in [1.807, 2.05) is 6.07 Å². The maximum atomic E-state index is 12.7. The molecule has 1 aliphatic rings. The number of nitrogens with one attached hydrogen (secondary N) is 2. The summed E-state index contributed by atoms with van der Waals surface area (Å²) < 4.78 is 1.72. The predicted molar refractivity (Wildman–Crippen MR) is 92.3 cm³/mol. The van der Waals surface area contributed by atoms with Crippen LogP contribution in [0.25, 0.3) is 22.1 Å². The van der Waals surface area contributed by atoms with E-state index in [1.54, 1.807) is 21.9 Å². The Morgan fingerprint density at radius 1 is 1.36 bits per heavy atom. The second-order valence-electron chi connectivity index (χ2n) is 6.70. The number of aromatic nitrogens is 4. The number of carbonyl (C=O) groups is 2. The highest BCUT2D eigenvalue weighted by Crippen LogP contribution is 2.31. The fourth-order valence-corrected chi connectivity index (χ4v) is 3.73. The zero-order chi connectivity index (χ0) is 17.7. The fraction of sp³-hybridized carbons (Fsp3) is 0.412. The smallest absolute Gasteiger partial charge is 0.326 e. The molecule has 0 aliphatic carbocycles. The van der Waals surface area contributed by atoms with Gasteiger partial charge in [-0.25, -0.2) is 9.78 Å². The van der Waals surface area contributed by atoms with E-state index in [4.69, 9.17) is 0 Å². The summed E-state index contributed by atoms with van der Waals surface area (Å²) >= 11 is 0. The van der Waals surface area contributed by atoms with Crippen LogP contribution in [-0.2, 0) is 9.59 Å². The molecular weight excluding hydrogens is 322 g/mol. The van der Waals surface area contributed by atoms with Crippen molar-refractivity contribution in [3.63, 3.8) is 0 Å². The Bertz CT molecular complexity index is 1040. The lowest BCUT2D eigenvalue weighted by Crippen LogP contribution is -2.47. The highest BCUT2D eigenvalue weighted by atomic mass is 16.2. The number of aromatic amines is 2. The number of fused-ring (bicyclic) bond motifs is 3. The van der Waals surface area contributed by atoms with Gasteiger partial charge in [0.2, 0.25) is 5.78 Å². The maximum absolute atomic E-state index is 12.7. The van der Waals surface area contributed by atoms with Crippen LogP contribution in [0.3, 0.4) is 0 Å². The molecule has 0 saturated carbocycles. The molecule has 3 aromatic rings. The van der Waals surface area contributed by atoms with Crippen LogP contribution in [0.2, 0.25) is 0 Å². The molecule has 2 unspecified atom stereocenters. The number of rotatable bonds is 2. The summed E-state index contributed by atoms with van der Waals surface area (Å²) in [6, 6.07) is 1.69. The van der Waals surface area contributed by atoms with Crippen molar-refractivity contribution >= 4 is 33.8 Å². The van der Waals surface area contributed by atoms with Crippen molar-refractivity contribution in [2.75, 3.05) is 13.1 Å². The lowest BCUT2D eigenvalue weighted by molar-refractivity contribution is -0.145. The molecule has 3 aromatic heterocycles. The molecule has 1 fully saturated rings. The molecule has 4 rings (SSSR count). The van der Waals surface area contributed by atoms with Crippen molar-refractivity contribution < 1.29 is 9.59 Å². The summed E-state index contributed by atoms with van der Waals surface area (Å²) in [6.07, 6.45) is 4.16. The Labute approximate surface area is 142 Å². The lowest BCUT2D eigenvalue weighted by atomic mass is 9.92. The topological polar surface area (TPSA) is 104 Å². The molecule has 0 bridgehead atoms.